The first kappa shape index (κ1) is 12.2. The van der Waals surface area contributed by atoms with E-state index in [0.29, 0.717) is 16.6 Å². The number of alkyl halides is 1. The summed E-state index contributed by atoms with van der Waals surface area (Å²) in [6.07, 6.45) is 2.10. The van der Waals surface area contributed by atoms with Crippen LogP contribution in [0.25, 0.3) is 0 Å². The van der Waals surface area contributed by atoms with Crippen molar-refractivity contribution < 1.29 is 4.79 Å². The Kier molecular flexibility index (Phi) is 3.77. The van der Waals surface area contributed by atoms with E-state index in [9.17, 15) is 4.79 Å². The lowest BCUT2D eigenvalue weighted by Crippen LogP contribution is -2.28. The van der Waals surface area contributed by atoms with Crippen molar-refractivity contribution in [1.82, 2.24) is 5.32 Å². The molecule has 1 aliphatic rings. The summed E-state index contributed by atoms with van der Waals surface area (Å²) in [5.41, 5.74) is 0.701. The van der Waals surface area contributed by atoms with Crippen molar-refractivity contribution in [3.63, 3.8) is 0 Å². The highest BCUT2D eigenvalue weighted by Crippen LogP contribution is 2.31. The van der Waals surface area contributed by atoms with Crippen LogP contribution in [0.3, 0.4) is 0 Å². The van der Waals surface area contributed by atoms with Gasteiger partial charge in [-0.15, -0.1) is 11.6 Å². The fourth-order valence-electron chi connectivity index (χ4n) is 1.35. The van der Waals surface area contributed by atoms with E-state index in [1.807, 2.05) is 0 Å². The van der Waals surface area contributed by atoms with Crippen molar-refractivity contribution in [3.8, 4) is 0 Å². The van der Waals surface area contributed by atoms with E-state index >= 15 is 0 Å². The first-order valence-electron chi connectivity index (χ1n) is 4.97. The zero-order valence-electron chi connectivity index (χ0n) is 8.34. The van der Waals surface area contributed by atoms with E-state index in [-0.39, 0.29) is 5.91 Å². The molecule has 0 bridgehead atoms. The van der Waals surface area contributed by atoms with Gasteiger partial charge < -0.3 is 5.32 Å². The second-order valence-electron chi connectivity index (χ2n) is 3.81. The third-order valence-corrected chi connectivity index (χ3v) is 3.78. The molecule has 0 aliphatic heterocycles. The van der Waals surface area contributed by atoms with Gasteiger partial charge in [-0.05, 0) is 36.6 Å². The molecule has 1 aromatic carbocycles. The largest absolute Gasteiger partial charge is 0.352 e. The van der Waals surface area contributed by atoms with E-state index in [1.165, 1.54) is 0 Å². The summed E-state index contributed by atoms with van der Waals surface area (Å²) in [7, 11) is 0. The predicted octanol–water partition coefficient (Wildman–Crippen LogP) is 3.66. The number of halogens is 3. The monoisotopic (exact) mass is 321 g/mol. The first-order valence-corrected chi connectivity index (χ1v) is 6.58. The van der Waals surface area contributed by atoms with E-state index in [2.05, 4.69) is 21.2 Å². The van der Waals surface area contributed by atoms with Crippen LogP contribution in [0.15, 0.2) is 22.7 Å². The molecule has 0 radical (unpaired) electrons. The second-order valence-corrected chi connectivity index (χ2v) is 5.54. The molecule has 2 rings (SSSR count). The average Bonchev–Trinajstić information content (AvgIpc) is 3.04. The fraction of sp³-hybridized carbons (Fsp3) is 0.364. The average molecular weight is 323 g/mol. The summed E-state index contributed by atoms with van der Waals surface area (Å²) in [6, 6.07) is 5.55. The highest BCUT2D eigenvalue weighted by molar-refractivity contribution is 9.10. The van der Waals surface area contributed by atoms with Crippen molar-refractivity contribution in [2.45, 2.75) is 24.3 Å². The van der Waals surface area contributed by atoms with Crippen LogP contribution in [0.4, 0.5) is 0 Å². The number of amides is 1. The van der Waals surface area contributed by atoms with Gasteiger partial charge in [0, 0.05) is 15.5 Å². The van der Waals surface area contributed by atoms with Gasteiger partial charge in [0.25, 0.3) is 0 Å². The van der Waals surface area contributed by atoms with Crippen molar-refractivity contribution >= 4 is 45.0 Å². The normalized spacial score (nSPS) is 16.9. The van der Waals surface area contributed by atoms with Crippen molar-refractivity contribution in [1.29, 1.82) is 0 Å². The highest BCUT2D eigenvalue weighted by Gasteiger charge is 2.28. The molecule has 1 N–H and O–H groups in total. The Bertz CT molecular complexity index is 420. The Hall–Kier alpha value is -0.250. The molecule has 2 nitrogen and oxygen atoms in total. The smallest absolute Gasteiger partial charge is 0.242 e. The number of hydrogen-bond donors (Lipinski definition) is 1. The lowest BCUT2D eigenvalue weighted by atomic mass is 10.1. The molecule has 1 aromatic rings. The van der Waals surface area contributed by atoms with Crippen molar-refractivity contribution in [3.05, 3.63) is 33.3 Å². The minimum absolute atomic E-state index is 0.160. The predicted molar refractivity (Wildman–Crippen MR) is 68.9 cm³/mol. The van der Waals surface area contributed by atoms with Gasteiger partial charge in [0.2, 0.25) is 5.91 Å². The van der Waals surface area contributed by atoms with Crippen LogP contribution in [-0.2, 0) is 4.79 Å². The Morgan fingerprint density at radius 1 is 1.50 bits per heavy atom. The molecule has 0 heterocycles. The third-order valence-electron chi connectivity index (χ3n) is 2.39. The molecule has 1 amide bonds. The number of benzene rings is 1. The molecular weight excluding hydrogens is 313 g/mol. The Morgan fingerprint density at radius 2 is 2.19 bits per heavy atom. The van der Waals surface area contributed by atoms with Gasteiger partial charge in [0.15, 0.2) is 0 Å². The molecule has 5 heteroatoms. The van der Waals surface area contributed by atoms with Crippen molar-refractivity contribution in [2.75, 3.05) is 0 Å². The van der Waals surface area contributed by atoms with Gasteiger partial charge in [0.1, 0.15) is 5.38 Å². The topological polar surface area (TPSA) is 29.1 Å². The van der Waals surface area contributed by atoms with Gasteiger partial charge in [-0.3, -0.25) is 4.79 Å². The van der Waals surface area contributed by atoms with Crippen molar-refractivity contribution in [2.24, 2.45) is 0 Å². The molecule has 0 spiro atoms. The van der Waals surface area contributed by atoms with Crippen LogP contribution in [0, 0.1) is 0 Å². The fourth-order valence-corrected chi connectivity index (χ4v) is 2.38. The Morgan fingerprint density at radius 3 is 2.81 bits per heavy atom. The lowest BCUT2D eigenvalue weighted by Gasteiger charge is -2.12. The summed E-state index contributed by atoms with van der Waals surface area (Å²) >= 11 is 15.3. The zero-order valence-corrected chi connectivity index (χ0v) is 11.4. The molecule has 86 valence electrons. The van der Waals surface area contributed by atoms with E-state index in [0.717, 1.165) is 17.3 Å². The van der Waals surface area contributed by atoms with Crippen LogP contribution in [0.2, 0.25) is 5.02 Å². The Labute approximate surface area is 112 Å². The van der Waals surface area contributed by atoms with Gasteiger partial charge in [-0.2, -0.15) is 0 Å². The van der Waals surface area contributed by atoms with Gasteiger partial charge in [0.05, 0.1) is 0 Å². The molecule has 1 atom stereocenters. The first-order chi connectivity index (χ1) is 7.58. The van der Waals surface area contributed by atoms with E-state index in [1.54, 1.807) is 18.2 Å². The molecule has 1 unspecified atom stereocenters. The molecule has 0 saturated heterocycles. The lowest BCUT2D eigenvalue weighted by molar-refractivity contribution is -0.121. The maximum atomic E-state index is 11.8. The second kappa shape index (κ2) is 4.94. The van der Waals surface area contributed by atoms with Crippen LogP contribution >= 0.6 is 39.1 Å². The van der Waals surface area contributed by atoms with Gasteiger partial charge >= 0.3 is 0 Å². The van der Waals surface area contributed by atoms with Gasteiger partial charge in [-0.25, -0.2) is 0 Å². The summed E-state index contributed by atoms with van der Waals surface area (Å²) in [5.74, 6) is -0.160. The minimum atomic E-state index is -0.700. The number of hydrogen-bond acceptors (Lipinski definition) is 1. The summed E-state index contributed by atoms with van der Waals surface area (Å²) in [5, 5.41) is 2.74. The molecular formula is C11H10BrCl2NO. The molecule has 1 fully saturated rings. The maximum absolute atomic E-state index is 11.8. The maximum Gasteiger partial charge on any atom is 0.242 e. The zero-order chi connectivity index (χ0) is 11.7. The van der Waals surface area contributed by atoms with Crippen LogP contribution in [-0.4, -0.2) is 11.9 Å². The Balaban J connectivity index is 2.14. The standard InChI is InChI=1S/C11H10BrCl2NO/c12-9-4-1-6(13)5-8(9)10(14)11(16)15-7-2-3-7/h1,4-5,7,10H,2-3H2,(H,15,16). The SMILES string of the molecule is O=C(NC1CC1)C(Cl)c1cc(Cl)ccc1Br. The number of nitrogens with one attached hydrogen (secondary N) is 1. The van der Waals surface area contributed by atoms with E-state index in [4.69, 9.17) is 23.2 Å². The van der Waals surface area contributed by atoms with E-state index < -0.39 is 5.38 Å². The summed E-state index contributed by atoms with van der Waals surface area (Å²) in [4.78, 5) is 11.8. The van der Waals surface area contributed by atoms with Crippen LogP contribution < -0.4 is 5.32 Å². The summed E-state index contributed by atoms with van der Waals surface area (Å²) in [6.45, 7) is 0. The molecule has 1 aliphatic carbocycles. The molecule has 0 aromatic heterocycles. The quantitative estimate of drug-likeness (QED) is 0.845. The third kappa shape index (κ3) is 2.90. The number of carbonyl (C=O) groups is 1. The summed E-state index contributed by atoms with van der Waals surface area (Å²) < 4.78 is 0.794. The van der Waals surface area contributed by atoms with Crippen LogP contribution in [0.5, 0.6) is 0 Å². The van der Waals surface area contributed by atoms with Gasteiger partial charge in [-0.1, -0.05) is 27.5 Å². The molecule has 1 saturated carbocycles. The highest BCUT2D eigenvalue weighted by atomic mass is 79.9. The molecule has 16 heavy (non-hydrogen) atoms. The van der Waals surface area contributed by atoms with Crippen LogP contribution in [0.1, 0.15) is 23.8 Å². The minimum Gasteiger partial charge on any atom is -0.352 e. The number of carbonyl (C=O) groups excluding carboxylic acids is 1. The number of rotatable bonds is 3.